The molecular weight excluding hydrogens is 266 g/mol. The highest BCUT2D eigenvalue weighted by atomic mass is 16.5. The standard InChI is InChI=1S/C15H27N5O/c1-4-8-21-12-6-5-7-20(10-12)14-9-13(19-16)17-15(18-14)11(2)3/h9,11-12H,4-8,10,16H2,1-3H3,(H,17,18,19). The molecular formula is C15H27N5O. The van der Waals surface area contributed by atoms with Gasteiger partial charge in [-0.15, -0.1) is 0 Å². The van der Waals surface area contributed by atoms with Crippen LogP contribution in [0.2, 0.25) is 0 Å². The van der Waals surface area contributed by atoms with E-state index in [1.165, 1.54) is 0 Å². The molecule has 0 radical (unpaired) electrons. The molecule has 1 fully saturated rings. The van der Waals surface area contributed by atoms with E-state index in [-0.39, 0.29) is 5.92 Å². The minimum Gasteiger partial charge on any atom is -0.376 e. The zero-order valence-corrected chi connectivity index (χ0v) is 13.3. The maximum Gasteiger partial charge on any atom is 0.145 e. The van der Waals surface area contributed by atoms with E-state index in [1.807, 2.05) is 6.07 Å². The van der Waals surface area contributed by atoms with Crippen LogP contribution in [0, 0.1) is 0 Å². The van der Waals surface area contributed by atoms with Crippen molar-refractivity contribution in [1.82, 2.24) is 9.97 Å². The third-order valence-corrected chi connectivity index (χ3v) is 3.65. The Balaban J connectivity index is 2.14. The van der Waals surface area contributed by atoms with Crippen LogP contribution >= 0.6 is 0 Å². The van der Waals surface area contributed by atoms with Gasteiger partial charge in [0, 0.05) is 31.7 Å². The number of nitrogens with one attached hydrogen (secondary N) is 1. The zero-order valence-electron chi connectivity index (χ0n) is 13.3. The third-order valence-electron chi connectivity index (χ3n) is 3.65. The van der Waals surface area contributed by atoms with Gasteiger partial charge in [0.1, 0.15) is 17.5 Å². The Kier molecular flexibility index (Phi) is 5.76. The number of nitrogens with two attached hydrogens (primary N) is 1. The molecule has 1 aliphatic rings. The van der Waals surface area contributed by atoms with Gasteiger partial charge in [-0.1, -0.05) is 20.8 Å². The van der Waals surface area contributed by atoms with Gasteiger partial charge in [-0.05, 0) is 19.3 Å². The number of aromatic nitrogens is 2. The molecule has 0 spiro atoms. The number of piperidine rings is 1. The van der Waals surface area contributed by atoms with Crippen molar-refractivity contribution in [3.63, 3.8) is 0 Å². The van der Waals surface area contributed by atoms with Gasteiger partial charge >= 0.3 is 0 Å². The van der Waals surface area contributed by atoms with E-state index in [0.29, 0.717) is 11.9 Å². The summed E-state index contributed by atoms with van der Waals surface area (Å²) < 4.78 is 5.89. The van der Waals surface area contributed by atoms with Crippen LogP contribution in [0.1, 0.15) is 51.8 Å². The van der Waals surface area contributed by atoms with Crippen LogP contribution in [-0.4, -0.2) is 35.8 Å². The molecule has 118 valence electrons. The van der Waals surface area contributed by atoms with Crippen molar-refractivity contribution in [2.45, 2.75) is 52.1 Å². The second kappa shape index (κ2) is 7.56. The van der Waals surface area contributed by atoms with Gasteiger partial charge in [0.15, 0.2) is 0 Å². The Labute approximate surface area is 127 Å². The topological polar surface area (TPSA) is 76.3 Å². The molecule has 2 heterocycles. The number of rotatable bonds is 6. The number of hydrogen-bond acceptors (Lipinski definition) is 6. The van der Waals surface area contributed by atoms with E-state index in [1.54, 1.807) is 0 Å². The fraction of sp³-hybridized carbons (Fsp3) is 0.733. The highest BCUT2D eigenvalue weighted by Gasteiger charge is 2.22. The lowest BCUT2D eigenvalue weighted by Crippen LogP contribution is -2.40. The lowest BCUT2D eigenvalue weighted by molar-refractivity contribution is 0.0439. The molecule has 1 aliphatic heterocycles. The van der Waals surface area contributed by atoms with Gasteiger partial charge in [-0.2, -0.15) is 0 Å². The molecule has 0 amide bonds. The monoisotopic (exact) mass is 293 g/mol. The van der Waals surface area contributed by atoms with Crippen molar-refractivity contribution >= 4 is 11.6 Å². The van der Waals surface area contributed by atoms with Crippen molar-refractivity contribution in [1.29, 1.82) is 0 Å². The zero-order chi connectivity index (χ0) is 15.2. The minimum absolute atomic E-state index is 0.272. The van der Waals surface area contributed by atoms with E-state index in [2.05, 4.69) is 41.1 Å². The van der Waals surface area contributed by atoms with Gasteiger partial charge in [-0.25, -0.2) is 15.8 Å². The fourth-order valence-corrected chi connectivity index (χ4v) is 2.51. The smallest absolute Gasteiger partial charge is 0.145 e. The molecule has 21 heavy (non-hydrogen) atoms. The molecule has 0 aliphatic carbocycles. The molecule has 1 aromatic rings. The number of ether oxygens (including phenoxy) is 1. The third kappa shape index (κ3) is 4.28. The number of hydrazine groups is 1. The first-order valence-corrected chi connectivity index (χ1v) is 7.86. The summed E-state index contributed by atoms with van der Waals surface area (Å²) in [4.78, 5) is 11.4. The van der Waals surface area contributed by atoms with Crippen LogP contribution in [0.15, 0.2) is 6.07 Å². The Morgan fingerprint density at radius 1 is 1.48 bits per heavy atom. The molecule has 3 N–H and O–H groups in total. The molecule has 0 saturated carbocycles. The summed E-state index contributed by atoms with van der Waals surface area (Å²) in [5.74, 6) is 8.22. The molecule has 1 atom stereocenters. The first-order chi connectivity index (χ1) is 10.1. The number of nitrogens with zero attached hydrogens (tertiary/aromatic N) is 3. The number of hydrogen-bond donors (Lipinski definition) is 2. The molecule has 6 nitrogen and oxygen atoms in total. The Hall–Kier alpha value is -1.40. The second-order valence-electron chi connectivity index (χ2n) is 5.85. The van der Waals surface area contributed by atoms with Gasteiger partial charge in [0.25, 0.3) is 0 Å². The van der Waals surface area contributed by atoms with E-state index in [0.717, 1.165) is 50.6 Å². The Morgan fingerprint density at radius 3 is 2.95 bits per heavy atom. The molecule has 1 saturated heterocycles. The van der Waals surface area contributed by atoms with Crippen LogP contribution in [0.25, 0.3) is 0 Å². The summed E-state index contributed by atoms with van der Waals surface area (Å²) >= 11 is 0. The van der Waals surface area contributed by atoms with E-state index < -0.39 is 0 Å². The van der Waals surface area contributed by atoms with Crippen molar-refractivity contribution < 1.29 is 4.74 Å². The summed E-state index contributed by atoms with van der Waals surface area (Å²) in [6.45, 7) is 9.03. The first kappa shape index (κ1) is 16.0. The molecule has 0 aromatic carbocycles. The molecule has 0 bridgehead atoms. The lowest BCUT2D eigenvalue weighted by Gasteiger charge is -2.33. The van der Waals surface area contributed by atoms with E-state index in [4.69, 9.17) is 10.6 Å². The average molecular weight is 293 g/mol. The number of anilines is 2. The summed E-state index contributed by atoms with van der Waals surface area (Å²) in [5, 5.41) is 0. The van der Waals surface area contributed by atoms with Gasteiger partial charge in [-0.3, -0.25) is 0 Å². The van der Waals surface area contributed by atoms with Gasteiger partial charge < -0.3 is 15.1 Å². The maximum atomic E-state index is 5.89. The van der Waals surface area contributed by atoms with Crippen LogP contribution < -0.4 is 16.2 Å². The normalized spacial score (nSPS) is 19.1. The largest absolute Gasteiger partial charge is 0.376 e. The Bertz CT molecular complexity index is 452. The number of nitrogen functional groups attached to an aromatic ring is 1. The fourth-order valence-electron chi connectivity index (χ4n) is 2.51. The minimum atomic E-state index is 0.272. The lowest BCUT2D eigenvalue weighted by atomic mass is 10.1. The van der Waals surface area contributed by atoms with Crippen LogP contribution in [-0.2, 0) is 4.74 Å². The van der Waals surface area contributed by atoms with Crippen molar-refractivity contribution in [3.05, 3.63) is 11.9 Å². The van der Waals surface area contributed by atoms with E-state index >= 15 is 0 Å². The van der Waals surface area contributed by atoms with Crippen LogP contribution in [0.3, 0.4) is 0 Å². The van der Waals surface area contributed by atoms with Crippen LogP contribution in [0.5, 0.6) is 0 Å². The molecule has 1 unspecified atom stereocenters. The predicted octanol–water partition coefficient (Wildman–Crippen LogP) is 2.28. The molecule has 1 aromatic heterocycles. The summed E-state index contributed by atoms with van der Waals surface area (Å²) in [7, 11) is 0. The first-order valence-electron chi connectivity index (χ1n) is 7.86. The summed E-state index contributed by atoms with van der Waals surface area (Å²) in [5.41, 5.74) is 2.64. The van der Waals surface area contributed by atoms with Crippen molar-refractivity contribution in [3.8, 4) is 0 Å². The van der Waals surface area contributed by atoms with Gasteiger partial charge in [0.2, 0.25) is 0 Å². The predicted molar refractivity (Wildman–Crippen MR) is 85.4 cm³/mol. The SMILES string of the molecule is CCCOC1CCCN(c2cc(NN)nc(C(C)C)n2)C1. The molecule has 6 heteroatoms. The summed E-state index contributed by atoms with van der Waals surface area (Å²) in [6, 6.07) is 1.91. The van der Waals surface area contributed by atoms with E-state index in [9.17, 15) is 0 Å². The Morgan fingerprint density at radius 2 is 2.29 bits per heavy atom. The summed E-state index contributed by atoms with van der Waals surface area (Å²) in [6.07, 6.45) is 3.61. The van der Waals surface area contributed by atoms with Crippen molar-refractivity contribution in [2.24, 2.45) is 5.84 Å². The average Bonchev–Trinajstić information content (AvgIpc) is 2.52. The maximum absolute atomic E-state index is 5.89. The van der Waals surface area contributed by atoms with Crippen molar-refractivity contribution in [2.75, 3.05) is 30.0 Å². The highest BCUT2D eigenvalue weighted by Crippen LogP contribution is 2.23. The van der Waals surface area contributed by atoms with Gasteiger partial charge in [0.05, 0.1) is 6.10 Å². The quantitative estimate of drug-likeness (QED) is 0.619. The van der Waals surface area contributed by atoms with Crippen LogP contribution in [0.4, 0.5) is 11.6 Å². The second-order valence-corrected chi connectivity index (χ2v) is 5.85. The highest BCUT2D eigenvalue weighted by molar-refractivity contribution is 5.49. The molecule has 2 rings (SSSR count).